The average Bonchev–Trinajstić information content (AvgIpc) is 2.95. The van der Waals surface area contributed by atoms with E-state index >= 15 is 0 Å². The molecule has 3 unspecified atom stereocenters. The number of hydrogen-bond acceptors (Lipinski definition) is 2. The van der Waals surface area contributed by atoms with E-state index in [1.165, 1.54) is 29.1 Å². The van der Waals surface area contributed by atoms with Gasteiger partial charge in [-0.1, -0.05) is 18.5 Å². The first-order valence-corrected chi connectivity index (χ1v) is 7.28. The van der Waals surface area contributed by atoms with Gasteiger partial charge in [-0.25, -0.2) is 0 Å². The van der Waals surface area contributed by atoms with Gasteiger partial charge in [0.2, 0.25) is 0 Å². The van der Waals surface area contributed by atoms with Gasteiger partial charge in [0.1, 0.15) is 0 Å². The molecule has 1 heterocycles. The summed E-state index contributed by atoms with van der Waals surface area (Å²) in [6.07, 6.45) is 2.56. The van der Waals surface area contributed by atoms with Gasteiger partial charge in [0.05, 0.1) is 0 Å². The summed E-state index contributed by atoms with van der Waals surface area (Å²) in [6.45, 7) is 2.31. The van der Waals surface area contributed by atoms with E-state index in [0.29, 0.717) is 6.04 Å². The molecule has 1 N–H and O–H groups in total. The zero-order chi connectivity index (χ0) is 11.1. The highest BCUT2D eigenvalue weighted by Crippen LogP contribution is 2.40. The molecule has 3 atom stereocenters. The number of hydrogen-bond donors (Lipinski definition) is 1. The molecule has 0 bridgehead atoms. The third-order valence-corrected chi connectivity index (χ3v) is 4.89. The molecule has 16 heavy (non-hydrogen) atoms. The Morgan fingerprint density at radius 2 is 2.25 bits per heavy atom. The highest BCUT2D eigenvalue weighted by molar-refractivity contribution is 7.99. The van der Waals surface area contributed by atoms with Crippen LogP contribution in [0.1, 0.15) is 31.4 Å². The fraction of sp³-hybridized carbons (Fsp3) is 0.538. The molecule has 0 amide bonds. The first-order valence-electron chi connectivity index (χ1n) is 5.92. The van der Waals surface area contributed by atoms with Gasteiger partial charge in [-0.15, -0.1) is 11.8 Å². The SMILES string of the molecule is CC1CC1NC1CCSc2ccc(Cl)cc21. The third kappa shape index (κ3) is 2.11. The van der Waals surface area contributed by atoms with Gasteiger partial charge in [-0.05, 0) is 48.3 Å². The molecule has 2 aliphatic rings. The molecular weight excluding hydrogens is 238 g/mol. The number of rotatable bonds is 2. The lowest BCUT2D eigenvalue weighted by Crippen LogP contribution is -2.27. The Balaban J connectivity index is 1.83. The summed E-state index contributed by atoms with van der Waals surface area (Å²) in [7, 11) is 0. The fourth-order valence-electron chi connectivity index (χ4n) is 2.35. The number of halogens is 1. The molecule has 0 spiro atoms. The first kappa shape index (κ1) is 10.9. The number of thioether (sulfide) groups is 1. The summed E-state index contributed by atoms with van der Waals surface area (Å²) in [6, 6.07) is 7.54. The van der Waals surface area contributed by atoms with Crippen molar-refractivity contribution in [1.29, 1.82) is 0 Å². The van der Waals surface area contributed by atoms with E-state index in [9.17, 15) is 0 Å². The van der Waals surface area contributed by atoms with Crippen LogP contribution in [0.5, 0.6) is 0 Å². The summed E-state index contributed by atoms with van der Waals surface area (Å²) in [5.41, 5.74) is 1.41. The minimum absolute atomic E-state index is 0.518. The van der Waals surface area contributed by atoms with Crippen molar-refractivity contribution in [2.45, 2.75) is 36.7 Å². The van der Waals surface area contributed by atoms with Crippen LogP contribution in [0.15, 0.2) is 23.1 Å². The summed E-state index contributed by atoms with van der Waals surface area (Å²) in [5, 5.41) is 4.61. The third-order valence-electron chi connectivity index (χ3n) is 3.54. The van der Waals surface area contributed by atoms with Gasteiger partial charge in [0.25, 0.3) is 0 Å². The van der Waals surface area contributed by atoms with Crippen LogP contribution in [0.4, 0.5) is 0 Å². The van der Waals surface area contributed by atoms with Crippen molar-refractivity contribution in [2.75, 3.05) is 5.75 Å². The Hall–Kier alpha value is -0.180. The van der Waals surface area contributed by atoms with E-state index in [0.717, 1.165) is 17.0 Å². The Morgan fingerprint density at radius 1 is 1.44 bits per heavy atom. The number of fused-ring (bicyclic) bond motifs is 1. The van der Waals surface area contributed by atoms with Crippen LogP contribution in [0.2, 0.25) is 5.02 Å². The number of benzene rings is 1. The van der Waals surface area contributed by atoms with Crippen LogP contribution in [0.25, 0.3) is 0 Å². The van der Waals surface area contributed by atoms with E-state index < -0.39 is 0 Å². The highest BCUT2D eigenvalue weighted by Gasteiger charge is 2.35. The van der Waals surface area contributed by atoms with Crippen molar-refractivity contribution in [3.63, 3.8) is 0 Å². The van der Waals surface area contributed by atoms with Crippen molar-refractivity contribution in [3.05, 3.63) is 28.8 Å². The summed E-state index contributed by atoms with van der Waals surface area (Å²) in [4.78, 5) is 1.40. The minimum Gasteiger partial charge on any atom is -0.307 e. The van der Waals surface area contributed by atoms with Crippen LogP contribution < -0.4 is 5.32 Å². The molecule has 1 nitrogen and oxygen atoms in total. The summed E-state index contributed by atoms with van der Waals surface area (Å²) in [5.74, 6) is 2.07. The maximum Gasteiger partial charge on any atom is 0.0410 e. The van der Waals surface area contributed by atoms with Gasteiger partial charge in [-0.3, -0.25) is 0 Å². The van der Waals surface area contributed by atoms with Gasteiger partial charge in [0, 0.05) is 22.0 Å². The van der Waals surface area contributed by atoms with Gasteiger partial charge < -0.3 is 5.32 Å². The van der Waals surface area contributed by atoms with Gasteiger partial charge >= 0.3 is 0 Å². The smallest absolute Gasteiger partial charge is 0.0410 e. The summed E-state index contributed by atoms with van der Waals surface area (Å²) < 4.78 is 0. The zero-order valence-electron chi connectivity index (χ0n) is 9.37. The predicted molar refractivity (Wildman–Crippen MR) is 70.2 cm³/mol. The second-order valence-corrected chi connectivity index (χ2v) is 6.43. The van der Waals surface area contributed by atoms with Crippen molar-refractivity contribution in [2.24, 2.45) is 5.92 Å². The van der Waals surface area contributed by atoms with Crippen molar-refractivity contribution < 1.29 is 0 Å². The molecule has 1 aliphatic carbocycles. The molecule has 1 aromatic rings. The van der Waals surface area contributed by atoms with Gasteiger partial charge in [-0.2, -0.15) is 0 Å². The lowest BCUT2D eigenvalue weighted by molar-refractivity contribution is 0.494. The lowest BCUT2D eigenvalue weighted by Gasteiger charge is -2.26. The maximum absolute atomic E-state index is 6.09. The Kier molecular flexibility index (Phi) is 2.90. The van der Waals surface area contributed by atoms with Crippen LogP contribution in [-0.4, -0.2) is 11.8 Å². The molecule has 3 rings (SSSR count). The summed E-state index contributed by atoms with van der Waals surface area (Å²) >= 11 is 8.04. The van der Waals surface area contributed by atoms with Crippen molar-refractivity contribution in [1.82, 2.24) is 5.32 Å². The molecule has 0 saturated heterocycles. The molecule has 3 heteroatoms. The van der Waals surface area contributed by atoms with Crippen LogP contribution in [-0.2, 0) is 0 Å². The van der Waals surface area contributed by atoms with E-state index in [-0.39, 0.29) is 0 Å². The van der Waals surface area contributed by atoms with Crippen molar-refractivity contribution in [3.8, 4) is 0 Å². The number of nitrogens with one attached hydrogen (secondary N) is 1. The Morgan fingerprint density at radius 3 is 3.00 bits per heavy atom. The second kappa shape index (κ2) is 4.25. The second-order valence-electron chi connectivity index (χ2n) is 4.86. The normalized spacial score (nSPS) is 32.2. The van der Waals surface area contributed by atoms with Gasteiger partial charge in [0.15, 0.2) is 0 Å². The molecule has 1 aromatic carbocycles. The average molecular weight is 254 g/mol. The van der Waals surface area contributed by atoms with Crippen LogP contribution in [0, 0.1) is 5.92 Å². The van der Waals surface area contributed by atoms with E-state index in [1.54, 1.807) is 0 Å². The molecule has 0 radical (unpaired) electrons. The molecule has 0 aromatic heterocycles. The van der Waals surface area contributed by atoms with Crippen LogP contribution >= 0.6 is 23.4 Å². The minimum atomic E-state index is 0.518. The topological polar surface area (TPSA) is 12.0 Å². The molecule has 1 aliphatic heterocycles. The predicted octanol–water partition coefficient (Wildman–Crippen LogP) is 3.87. The largest absolute Gasteiger partial charge is 0.307 e. The molecule has 1 saturated carbocycles. The Bertz CT molecular complexity index is 407. The standard InChI is InChI=1S/C13H16ClNS/c1-8-6-12(8)15-11-4-5-16-13-3-2-9(14)7-10(11)13/h2-3,7-8,11-12,15H,4-6H2,1H3. The molecule has 1 fully saturated rings. The first-order chi connectivity index (χ1) is 7.74. The fourth-order valence-corrected chi connectivity index (χ4v) is 3.64. The monoisotopic (exact) mass is 253 g/mol. The lowest BCUT2D eigenvalue weighted by atomic mass is 10.0. The molecule has 86 valence electrons. The quantitative estimate of drug-likeness (QED) is 0.859. The highest BCUT2D eigenvalue weighted by atomic mass is 35.5. The molecular formula is C13H16ClNS. The van der Waals surface area contributed by atoms with E-state index in [1.807, 2.05) is 17.8 Å². The maximum atomic E-state index is 6.09. The van der Waals surface area contributed by atoms with Crippen molar-refractivity contribution >= 4 is 23.4 Å². The van der Waals surface area contributed by atoms with E-state index in [2.05, 4.69) is 24.4 Å². The zero-order valence-corrected chi connectivity index (χ0v) is 10.9. The van der Waals surface area contributed by atoms with Crippen LogP contribution in [0.3, 0.4) is 0 Å². The van der Waals surface area contributed by atoms with E-state index in [4.69, 9.17) is 11.6 Å². The Labute approximate surface area is 106 Å².